The van der Waals surface area contributed by atoms with Crippen LogP contribution in [0.2, 0.25) is 0 Å². The highest BCUT2D eigenvalue weighted by molar-refractivity contribution is 6.17. The number of aromatic nitrogens is 3. The van der Waals surface area contributed by atoms with Crippen molar-refractivity contribution >= 4 is 40.2 Å². The molecule has 0 saturated carbocycles. The van der Waals surface area contributed by atoms with Gasteiger partial charge in [0.25, 0.3) is 0 Å². The largest absolute Gasteiger partial charge is 0.507 e. The van der Waals surface area contributed by atoms with Crippen LogP contribution in [0.15, 0.2) is 41.5 Å². The summed E-state index contributed by atoms with van der Waals surface area (Å²) in [5.41, 5.74) is 0.618. The van der Waals surface area contributed by atoms with E-state index in [-0.39, 0.29) is 17.5 Å². The van der Waals surface area contributed by atoms with Crippen LogP contribution in [0.1, 0.15) is 17.2 Å². The molecule has 0 saturated heterocycles. The highest BCUT2D eigenvalue weighted by atomic mass is 35.5. The standard InChI is InChI=1S/C15H12Cl2N4O/c16-7-14-19-20-15(8-17)21(14)18-9-12-11-4-2-1-3-10(11)5-6-13(12)22/h1-6,9,22H,7-8H2/b18-9-. The van der Waals surface area contributed by atoms with Gasteiger partial charge in [-0.2, -0.15) is 9.78 Å². The smallest absolute Gasteiger partial charge is 0.169 e. The number of fused-ring (bicyclic) bond motifs is 1. The van der Waals surface area contributed by atoms with Gasteiger partial charge < -0.3 is 5.11 Å². The van der Waals surface area contributed by atoms with Crippen LogP contribution < -0.4 is 0 Å². The summed E-state index contributed by atoms with van der Waals surface area (Å²) in [5, 5.41) is 24.2. The minimum absolute atomic E-state index is 0.148. The molecule has 2 aromatic carbocycles. The zero-order chi connectivity index (χ0) is 15.5. The molecule has 0 bridgehead atoms. The molecule has 1 heterocycles. The number of alkyl halides is 2. The molecule has 7 heteroatoms. The van der Waals surface area contributed by atoms with E-state index >= 15 is 0 Å². The number of phenolic OH excluding ortho intramolecular Hbond substituents is 1. The Balaban J connectivity index is 2.10. The zero-order valence-electron chi connectivity index (χ0n) is 11.4. The molecule has 1 aromatic heterocycles. The van der Waals surface area contributed by atoms with Crippen LogP contribution in [-0.2, 0) is 11.8 Å². The van der Waals surface area contributed by atoms with Crippen LogP contribution in [0.5, 0.6) is 5.75 Å². The van der Waals surface area contributed by atoms with E-state index in [2.05, 4.69) is 15.3 Å². The summed E-state index contributed by atoms with van der Waals surface area (Å²) >= 11 is 11.6. The molecule has 3 rings (SSSR count). The monoisotopic (exact) mass is 334 g/mol. The molecular formula is C15H12Cl2N4O. The first-order valence-electron chi connectivity index (χ1n) is 6.54. The number of nitrogens with zero attached hydrogens (tertiary/aromatic N) is 4. The van der Waals surface area contributed by atoms with E-state index in [1.807, 2.05) is 30.3 Å². The van der Waals surface area contributed by atoms with Crippen LogP contribution in [-0.4, -0.2) is 26.2 Å². The molecule has 0 fully saturated rings. The van der Waals surface area contributed by atoms with E-state index in [0.29, 0.717) is 17.2 Å². The van der Waals surface area contributed by atoms with Crippen molar-refractivity contribution in [2.24, 2.45) is 5.10 Å². The lowest BCUT2D eigenvalue weighted by molar-refractivity contribution is 0.475. The third-order valence-electron chi connectivity index (χ3n) is 3.26. The lowest BCUT2D eigenvalue weighted by Gasteiger charge is -2.05. The van der Waals surface area contributed by atoms with E-state index in [4.69, 9.17) is 23.2 Å². The van der Waals surface area contributed by atoms with E-state index in [9.17, 15) is 5.11 Å². The summed E-state index contributed by atoms with van der Waals surface area (Å²) in [6.45, 7) is 0. The molecule has 0 radical (unpaired) electrons. The van der Waals surface area contributed by atoms with Gasteiger partial charge in [-0.1, -0.05) is 30.3 Å². The van der Waals surface area contributed by atoms with Crippen LogP contribution in [0.3, 0.4) is 0 Å². The molecule has 22 heavy (non-hydrogen) atoms. The molecule has 1 N–H and O–H groups in total. The fraction of sp³-hybridized carbons (Fsp3) is 0.133. The van der Waals surface area contributed by atoms with E-state index in [1.165, 1.54) is 4.68 Å². The van der Waals surface area contributed by atoms with Crippen molar-refractivity contribution in [2.75, 3.05) is 0 Å². The van der Waals surface area contributed by atoms with Gasteiger partial charge in [0.1, 0.15) is 5.75 Å². The number of rotatable bonds is 4. The number of hydrogen-bond donors (Lipinski definition) is 1. The highest BCUT2D eigenvalue weighted by Gasteiger charge is 2.10. The minimum Gasteiger partial charge on any atom is -0.507 e. The normalized spacial score (nSPS) is 11.5. The van der Waals surface area contributed by atoms with Crippen molar-refractivity contribution in [2.45, 2.75) is 11.8 Å². The summed E-state index contributed by atoms with van der Waals surface area (Å²) < 4.78 is 1.49. The number of hydrogen-bond acceptors (Lipinski definition) is 4. The van der Waals surface area contributed by atoms with Crippen LogP contribution >= 0.6 is 23.2 Å². The molecule has 3 aromatic rings. The summed E-state index contributed by atoms with van der Waals surface area (Å²) in [6.07, 6.45) is 1.56. The zero-order valence-corrected chi connectivity index (χ0v) is 13.0. The van der Waals surface area contributed by atoms with Crippen molar-refractivity contribution < 1.29 is 5.11 Å². The van der Waals surface area contributed by atoms with Gasteiger partial charge in [0, 0.05) is 5.56 Å². The van der Waals surface area contributed by atoms with Crippen molar-refractivity contribution in [3.05, 3.63) is 53.6 Å². The Morgan fingerprint density at radius 2 is 1.73 bits per heavy atom. The molecule has 0 amide bonds. The van der Waals surface area contributed by atoms with Gasteiger partial charge in [0.2, 0.25) is 0 Å². The Labute approximate surface area is 136 Å². The summed E-state index contributed by atoms with van der Waals surface area (Å²) in [5.74, 6) is 1.47. The summed E-state index contributed by atoms with van der Waals surface area (Å²) in [4.78, 5) is 0. The Hall–Kier alpha value is -2.11. The third kappa shape index (κ3) is 2.65. The third-order valence-corrected chi connectivity index (χ3v) is 3.74. The van der Waals surface area contributed by atoms with Gasteiger partial charge >= 0.3 is 0 Å². The van der Waals surface area contributed by atoms with Gasteiger partial charge in [-0.25, -0.2) is 0 Å². The first kappa shape index (κ1) is 14.8. The Kier molecular flexibility index (Phi) is 4.27. The summed E-state index contributed by atoms with van der Waals surface area (Å²) in [6, 6.07) is 11.2. The molecule has 0 atom stereocenters. The molecule has 112 valence electrons. The molecule has 0 aliphatic heterocycles. The van der Waals surface area contributed by atoms with Crippen molar-refractivity contribution in [3.63, 3.8) is 0 Å². The van der Waals surface area contributed by atoms with Gasteiger partial charge in [-0.15, -0.1) is 33.4 Å². The highest BCUT2D eigenvalue weighted by Crippen LogP contribution is 2.25. The minimum atomic E-state index is 0.148. The second-order valence-corrected chi connectivity index (χ2v) is 5.11. The molecule has 0 aliphatic carbocycles. The van der Waals surface area contributed by atoms with Crippen molar-refractivity contribution in [1.29, 1.82) is 0 Å². The van der Waals surface area contributed by atoms with E-state index in [1.54, 1.807) is 12.3 Å². The SMILES string of the molecule is Oc1ccc2ccccc2c1/C=N\n1c(CCl)nnc1CCl. The molecule has 0 spiro atoms. The summed E-state index contributed by atoms with van der Waals surface area (Å²) in [7, 11) is 0. The van der Waals surface area contributed by atoms with Gasteiger partial charge in [-0.05, 0) is 16.8 Å². The maximum atomic E-state index is 10.1. The van der Waals surface area contributed by atoms with E-state index in [0.717, 1.165) is 10.8 Å². The average molecular weight is 335 g/mol. The fourth-order valence-corrected chi connectivity index (χ4v) is 2.52. The molecular weight excluding hydrogens is 323 g/mol. The quantitative estimate of drug-likeness (QED) is 0.586. The second kappa shape index (κ2) is 6.34. The molecule has 0 aliphatic rings. The lowest BCUT2D eigenvalue weighted by atomic mass is 10.0. The topological polar surface area (TPSA) is 63.3 Å². The number of aromatic hydroxyl groups is 1. The first-order chi connectivity index (χ1) is 10.7. The Bertz CT molecular complexity index is 823. The van der Waals surface area contributed by atoms with Gasteiger partial charge in [-0.3, -0.25) is 0 Å². The predicted molar refractivity (Wildman–Crippen MR) is 87.7 cm³/mol. The Morgan fingerprint density at radius 1 is 1.05 bits per heavy atom. The van der Waals surface area contributed by atoms with Crippen LogP contribution in [0.25, 0.3) is 10.8 Å². The molecule has 5 nitrogen and oxygen atoms in total. The maximum Gasteiger partial charge on any atom is 0.169 e. The predicted octanol–water partition coefficient (Wildman–Crippen LogP) is 3.50. The maximum absolute atomic E-state index is 10.1. The fourth-order valence-electron chi connectivity index (χ4n) is 2.18. The number of phenols is 1. The van der Waals surface area contributed by atoms with E-state index < -0.39 is 0 Å². The van der Waals surface area contributed by atoms with Crippen LogP contribution in [0.4, 0.5) is 0 Å². The Morgan fingerprint density at radius 3 is 2.41 bits per heavy atom. The van der Waals surface area contributed by atoms with Crippen molar-refractivity contribution in [3.8, 4) is 5.75 Å². The van der Waals surface area contributed by atoms with Crippen LogP contribution in [0, 0.1) is 0 Å². The first-order valence-corrected chi connectivity index (χ1v) is 7.61. The number of benzene rings is 2. The molecule has 0 unspecified atom stereocenters. The average Bonchev–Trinajstić information content (AvgIpc) is 2.96. The lowest BCUT2D eigenvalue weighted by Crippen LogP contribution is -2.00. The van der Waals surface area contributed by atoms with Crippen molar-refractivity contribution in [1.82, 2.24) is 14.9 Å². The van der Waals surface area contributed by atoms with Gasteiger partial charge in [0.05, 0.1) is 18.0 Å². The number of halogens is 2. The second-order valence-electron chi connectivity index (χ2n) is 4.58. The van der Waals surface area contributed by atoms with Gasteiger partial charge in [0.15, 0.2) is 11.6 Å².